The van der Waals surface area contributed by atoms with E-state index in [9.17, 15) is 4.79 Å². The number of carbonyl (C=O) groups is 1. The van der Waals surface area contributed by atoms with Gasteiger partial charge < -0.3 is 5.11 Å². The predicted octanol–water partition coefficient (Wildman–Crippen LogP) is 3.85. The van der Waals surface area contributed by atoms with Gasteiger partial charge >= 0.3 is 5.97 Å². The maximum Gasteiger partial charge on any atom is 0.310 e. The average molecular weight is 285 g/mol. The SMILES string of the molecule is CC(C(=O)O)c1csc2ccc(Br)cc12. The van der Waals surface area contributed by atoms with E-state index in [1.165, 1.54) is 0 Å². The minimum absolute atomic E-state index is 0.451. The second-order valence-corrected chi connectivity index (χ2v) is 5.22. The van der Waals surface area contributed by atoms with Gasteiger partial charge in [-0.05, 0) is 41.5 Å². The van der Waals surface area contributed by atoms with Gasteiger partial charge in [-0.3, -0.25) is 4.79 Å². The minimum atomic E-state index is -0.783. The summed E-state index contributed by atoms with van der Waals surface area (Å²) in [7, 11) is 0. The summed E-state index contributed by atoms with van der Waals surface area (Å²) in [5.41, 5.74) is 0.892. The van der Waals surface area contributed by atoms with Crippen LogP contribution in [0.15, 0.2) is 28.1 Å². The van der Waals surface area contributed by atoms with Gasteiger partial charge in [-0.1, -0.05) is 15.9 Å². The monoisotopic (exact) mass is 284 g/mol. The van der Waals surface area contributed by atoms with Crippen molar-refractivity contribution in [3.63, 3.8) is 0 Å². The zero-order chi connectivity index (χ0) is 11.0. The zero-order valence-electron chi connectivity index (χ0n) is 8.03. The molecule has 0 bridgehead atoms. The van der Waals surface area contributed by atoms with Crippen molar-refractivity contribution in [1.29, 1.82) is 0 Å². The van der Waals surface area contributed by atoms with E-state index in [0.717, 1.165) is 20.1 Å². The molecule has 1 heterocycles. The van der Waals surface area contributed by atoms with E-state index in [1.807, 2.05) is 23.6 Å². The standard InChI is InChI=1S/C11H9BrO2S/c1-6(11(13)14)9-5-15-10-3-2-7(12)4-8(9)10/h2-6H,1H3,(H,13,14). The Balaban J connectivity index is 2.61. The van der Waals surface area contributed by atoms with Crippen LogP contribution in [0.4, 0.5) is 0 Å². The molecule has 0 amide bonds. The molecule has 0 radical (unpaired) electrons. The molecule has 0 aliphatic rings. The number of halogens is 1. The van der Waals surface area contributed by atoms with Crippen LogP contribution < -0.4 is 0 Å². The molecule has 1 aromatic heterocycles. The fourth-order valence-electron chi connectivity index (χ4n) is 1.49. The second-order valence-electron chi connectivity index (χ2n) is 3.39. The first-order valence-electron chi connectivity index (χ1n) is 4.49. The van der Waals surface area contributed by atoms with Crippen molar-refractivity contribution < 1.29 is 9.90 Å². The maximum atomic E-state index is 10.9. The summed E-state index contributed by atoms with van der Waals surface area (Å²) in [6.45, 7) is 1.71. The van der Waals surface area contributed by atoms with Crippen LogP contribution in [0.25, 0.3) is 10.1 Å². The molecule has 2 nitrogen and oxygen atoms in total. The predicted molar refractivity (Wildman–Crippen MR) is 65.6 cm³/mol. The first kappa shape index (κ1) is 10.6. The third-order valence-corrected chi connectivity index (χ3v) is 3.88. The van der Waals surface area contributed by atoms with Crippen molar-refractivity contribution in [1.82, 2.24) is 0 Å². The normalized spacial score (nSPS) is 12.9. The van der Waals surface area contributed by atoms with E-state index < -0.39 is 11.9 Å². The number of aliphatic carboxylic acids is 1. The molecule has 2 rings (SSSR count). The molecule has 1 atom stereocenters. The molecule has 78 valence electrons. The molecule has 2 aromatic rings. The molecule has 1 unspecified atom stereocenters. The highest BCUT2D eigenvalue weighted by Crippen LogP contribution is 2.33. The van der Waals surface area contributed by atoms with Crippen LogP contribution in [0.5, 0.6) is 0 Å². The van der Waals surface area contributed by atoms with Crippen molar-refractivity contribution in [3.8, 4) is 0 Å². The Kier molecular flexibility index (Phi) is 2.80. The fraction of sp³-hybridized carbons (Fsp3) is 0.182. The summed E-state index contributed by atoms with van der Waals surface area (Å²) in [6.07, 6.45) is 0. The number of rotatable bonds is 2. The topological polar surface area (TPSA) is 37.3 Å². The van der Waals surface area contributed by atoms with Crippen LogP contribution in [0, 0.1) is 0 Å². The lowest BCUT2D eigenvalue weighted by molar-refractivity contribution is -0.138. The van der Waals surface area contributed by atoms with Gasteiger partial charge in [-0.25, -0.2) is 0 Å². The molecule has 4 heteroatoms. The van der Waals surface area contributed by atoms with Gasteiger partial charge in [0.15, 0.2) is 0 Å². The molecule has 15 heavy (non-hydrogen) atoms. The van der Waals surface area contributed by atoms with Crippen LogP contribution in [0.2, 0.25) is 0 Å². The van der Waals surface area contributed by atoms with Gasteiger partial charge in [0.25, 0.3) is 0 Å². The highest BCUT2D eigenvalue weighted by Gasteiger charge is 2.17. The molecule has 1 aromatic carbocycles. The van der Waals surface area contributed by atoms with Crippen LogP contribution in [0.1, 0.15) is 18.4 Å². The molecule has 0 fully saturated rings. The molecule has 0 saturated heterocycles. The number of hydrogen-bond donors (Lipinski definition) is 1. The lowest BCUT2D eigenvalue weighted by atomic mass is 10.0. The Bertz CT molecular complexity index is 518. The van der Waals surface area contributed by atoms with E-state index in [1.54, 1.807) is 18.3 Å². The first-order chi connectivity index (χ1) is 7.09. The molecular formula is C11H9BrO2S. The number of carboxylic acid groups (broad SMARTS) is 1. The molecule has 0 aliphatic carbocycles. The maximum absolute atomic E-state index is 10.9. The lowest BCUT2D eigenvalue weighted by Gasteiger charge is -2.04. The summed E-state index contributed by atoms with van der Waals surface area (Å²) < 4.78 is 2.11. The number of carboxylic acids is 1. The zero-order valence-corrected chi connectivity index (χ0v) is 10.4. The van der Waals surface area contributed by atoms with Gasteiger partial charge in [0.05, 0.1) is 5.92 Å². The van der Waals surface area contributed by atoms with Crippen LogP contribution in [0.3, 0.4) is 0 Å². The smallest absolute Gasteiger partial charge is 0.310 e. The molecule has 1 N–H and O–H groups in total. The van der Waals surface area contributed by atoms with E-state index in [4.69, 9.17) is 5.11 Å². The van der Waals surface area contributed by atoms with Gasteiger partial charge in [0.1, 0.15) is 0 Å². The third kappa shape index (κ3) is 1.92. The highest BCUT2D eigenvalue weighted by atomic mass is 79.9. The van der Waals surface area contributed by atoms with E-state index in [2.05, 4.69) is 15.9 Å². The number of thiophene rings is 1. The van der Waals surface area contributed by atoms with Gasteiger partial charge in [0.2, 0.25) is 0 Å². The van der Waals surface area contributed by atoms with Crippen molar-refractivity contribution in [3.05, 3.63) is 33.6 Å². The van der Waals surface area contributed by atoms with E-state index in [0.29, 0.717) is 0 Å². The van der Waals surface area contributed by atoms with Crippen LogP contribution >= 0.6 is 27.3 Å². The fourth-order valence-corrected chi connectivity index (χ4v) is 2.89. The Labute approximate surface area is 99.7 Å². The number of benzene rings is 1. The Morgan fingerprint density at radius 2 is 2.27 bits per heavy atom. The lowest BCUT2D eigenvalue weighted by Crippen LogP contribution is -2.06. The molecule has 0 aliphatic heterocycles. The highest BCUT2D eigenvalue weighted by molar-refractivity contribution is 9.10. The van der Waals surface area contributed by atoms with Gasteiger partial charge in [0, 0.05) is 9.17 Å². The van der Waals surface area contributed by atoms with Crippen molar-refractivity contribution in [2.45, 2.75) is 12.8 Å². The largest absolute Gasteiger partial charge is 0.481 e. The average Bonchev–Trinajstić information content (AvgIpc) is 2.59. The molecule has 0 spiro atoms. The van der Waals surface area contributed by atoms with Gasteiger partial charge in [-0.2, -0.15) is 0 Å². The summed E-state index contributed by atoms with van der Waals surface area (Å²) >= 11 is 4.98. The quantitative estimate of drug-likeness (QED) is 0.910. The Morgan fingerprint density at radius 1 is 1.53 bits per heavy atom. The third-order valence-electron chi connectivity index (χ3n) is 2.40. The van der Waals surface area contributed by atoms with Crippen molar-refractivity contribution >= 4 is 43.3 Å². The second kappa shape index (κ2) is 3.94. The van der Waals surface area contributed by atoms with Crippen LogP contribution in [-0.4, -0.2) is 11.1 Å². The van der Waals surface area contributed by atoms with Crippen molar-refractivity contribution in [2.24, 2.45) is 0 Å². The van der Waals surface area contributed by atoms with E-state index >= 15 is 0 Å². The van der Waals surface area contributed by atoms with Gasteiger partial charge in [-0.15, -0.1) is 11.3 Å². The first-order valence-corrected chi connectivity index (χ1v) is 6.16. The minimum Gasteiger partial charge on any atom is -0.481 e. The molecular weight excluding hydrogens is 276 g/mol. The summed E-state index contributed by atoms with van der Waals surface area (Å²) in [4.78, 5) is 10.9. The summed E-state index contributed by atoms with van der Waals surface area (Å²) in [5.74, 6) is -1.23. The number of fused-ring (bicyclic) bond motifs is 1. The van der Waals surface area contributed by atoms with Crippen molar-refractivity contribution in [2.75, 3.05) is 0 Å². The van der Waals surface area contributed by atoms with Crippen LogP contribution in [-0.2, 0) is 4.79 Å². The summed E-state index contributed by atoms with van der Waals surface area (Å²) in [5, 5.41) is 11.9. The number of hydrogen-bond acceptors (Lipinski definition) is 2. The Morgan fingerprint density at radius 3 is 2.93 bits per heavy atom. The molecule has 0 saturated carbocycles. The Hall–Kier alpha value is -0.870. The van der Waals surface area contributed by atoms with E-state index in [-0.39, 0.29) is 0 Å². The summed E-state index contributed by atoms with van der Waals surface area (Å²) in [6, 6.07) is 5.94.